The zero-order valence-corrected chi connectivity index (χ0v) is 13.2. The van der Waals surface area contributed by atoms with E-state index in [-0.39, 0.29) is 5.41 Å². The van der Waals surface area contributed by atoms with Crippen LogP contribution in [0.2, 0.25) is 0 Å². The molecule has 2 nitrogen and oxygen atoms in total. The molecular weight excluding hydrogens is 252 g/mol. The largest absolute Gasteiger partial charge is 0.389 e. The minimum absolute atomic E-state index is 0.116. The predicted octanol–water partition coefficient (Wildman–Crippen LogP) is 4.48. The summed E-state index contributed by atoms with van der Waals surface area (Å²) < 4.78 is 0. The van der Waals surface area contributed by atoms with Gasteiger partial charge in [0.05, 0.1) is 5.56 Å². The molecule has 0 amide bonds. The fraction of sp³-hybridized carbons (Fsp3) is 0.688. The van der Waals surface area contributed by atoms with Gasteiger partial charge in [0.15, 0.2) is 0 Å². The lowest BCUT2D eigenvalue weighted by Gasteiger charge is -2.42. The molecule has 3 heteroatoms. The Bertz CT molecular complexity index is 498. The van der Waals surface area contributed by atoms with Crippen molar-refractivity contribution in [1.29, 1.82) is 5.26 Å². The molecule has 2 N–H and O–H groups in total. The molecule has 1 aliphatic carbocycles. The van der Waals surface area contributed by atoms with Crippen LogP contribution in [0.4, 0.5) is 5.00 Å². The summed E-state index contributed by atoms with van der Waals surface area (Å²) in [6.07, 6.45) is 4.74. The van der Waals surface area contributed by atoms with E-state index in [9.17, 15) is 5.26 Å². The molecule has 0 aliphatic heterocycles. The molecule has 1 aromatic heterocycles. The highest BCUT2D eigenvalue weighted by atomic mass is 32.1. The van der Waals surface area contributed by atoms with Crippen molar-refractivity contribution in [3.8, 4) is 6.07 Å². The normalized spacial score (nSPS) is 18.2. The van der Waals surface area contributed by atoms with Gasteiger partial charge in [-0.1, -0.05) is 34.1 Å². The molecule has 0 atom stereocenters. The number of fused-ring (bicyclic) bond motifs is 1. The summed E-state index contributed by atoms with van der Waals surface area (Å²) in [7, 11) is 0. The van der Waals surface area contributed by atoms with Gasteiger partial charge in [-0.2, -0.15) is 5.26 Å². The minimum Gasteiger partial charge on any atom is -0.389 e. The maximum Gasteiger partial charge on any atom is 0.104 e. The van der Waals surface area contributed by atoms with Gasteiger partial charge in [-0.25, -0.2) is 0 Å². The summed E-state index contributed by atoms with van der Waals surface area (Å²) in [6.45, 7) is 9.18. The zero-order chi connectivity index (χ0) is 14.2. The number of anilines is 1. The van der Waals surface area contributed by atoms with Gasteiger partial charge in [0.2, 0.25) is 0 Å². The summed E-state index contributed by atoms with van der Waals surface area (Å²) in [5.74, 6) is 1.07. The van der Waals surface area contributed by atoms with Crippen LogP contribution in [0.5, 0.6) is 0 Å². The van der Waals surface area contributed by atoms with Crippen LogP contribution in [0.25, 0.3) is 0 Å². The number of nitriles is 1. The summed E-state index contributed by atoms with van der Waals surface area (Å²) in [5.41, 5.74) is 8.28. The Labute approximate surface area is 120 Å². The van der Waals surface area contributed by atoms with E-state index in [1.807, 2.05) is 0 Å². The van der Waals surface area contributed by atoms with E-state index < -0.39 is 0 Å². The highest BCUT2D eigenvalue weighted by molar-refractivity contribution is 7.16. The quantitative estimate of drug-likeness (QED) is 0.810. The molecule has 0 bridgehead atoms. The molecule has 0 radical (unpaired) electrons. The van der Waals surface area contributed by atoms with E-state index in [1.165, 1.54) is 29.7 Å². The van der Waals surface area contributed by atoms with Gasteiger partial charge in [-0.05, 0) is 36.7 Å². The van der Waals surface area contributed by atoms with Crippen LogP contribution in [0.1, 0.15) is 63.0 Å². The van der Waals surface area contributed by atoms with Crippen molar-refractivity contribution in [1.82, 2.24) is 0 Å². The number of hydrogen-bond acceptors (Lipinski definition) is 3. The van der Waals surface area contributed by atoms with Crippen LogP contribution >= 0.6 is 11.3 Å². The van der Waals surface area contributed by atoms with Gasteiger partial charge in [0.25, 0.3) is 0 Å². The first-order valence-electron chi connectivity index (χ1n) is 7.26. The molecule has 0 aromatic carbocycles. The number of aryl methyl sites for hydroxylation is 1. The van der Waals surface area contributed by atoms with Crippen molar-refractivity contribution in [2.45, 2.75) is 58.8 Å². The van der Waals surface area contributed by atoms with Crippen molar-refractivity contribution < 1.29 is 0 Å². The SMILES string of the molecule is CC(C)C1(C(C)C)CCCCc2sc(N)c(C#N)c21. The molecule has 0 saturated carbocycles. The van der Waals surface area contributed by atoms with E-state index in [4.69, 9.17) is 5.73 Å². The molecule has 0 unspecified atom stereocenters. The Balaban J connectivity index is 2.75. The molecule has 104 valence electrons. The molecule has 1 heterocycles. The molecule has 2 rings (SSSR count). The molecule has 0 saturated heterocycles. The van der Waals surface area contributed by atoms with Gasteiger partial charge < -0.3 is 5.73 Å². The highest BCUT2D eigenvalue weighted by Crippen LogP contribution is 2.51. The monoisotopic (exact) mass is 276 g/mol. The lowest BCUT2D eigenvalue weighted by molar-refractivity contribution is 0.200. The summed E-state index contributed by atoms with van der Waals surface area (Å²) in [4.78, 5) is 1.37. The van der Waals surface area contributed by atoms with Crippen LogP contribution in [0.3, 0.4) is 0 Å². The van der Waals surface area contributed by atoms with Crippen LogP contribution < -0.4 is 5.73 Å². The second kappa shape index (κ2) is 5.17. The second-order valence-corrected chi connectivity index (χ2v) is 7.44. The first-order chi connectivity index (χ1) is 8.95. The second-order valence-electron chi connectivity index (χ2n) is 6.31. The van der Waals surface area contributed by atoms with Crippen molar-refractivity contribution >= 4 is 16.3 Å². The standard InChI is InChI=1S/C16H24N2S/c1-10(2)16(11(3)4)8-6-5-7-13-14(16)12(9-17)15(18)19-13/h10-11H,5-8,18H2,1-4H3. The Morgan fingerprint density at radius 1 is 1.21 bits per heavy atom. The Morgan fingerprint density at radius 3 is 2.37 bits per heavy atom. The van der Waals surface area contributed by atoms with E-state index in [2.05, 4.69) is 33.8 Å². The number of thiophene rings is 1. The van der Waals surface area contributed by atoms with Crippen molar-refractivity contribution in [2.75, 3.05) is 5.73 Å². The number of nitrogens with two attached hydrogens (primary N) is 1. The lowest BCUT2D eigenvalue weighted by Crippen LogP contribution is -2.38. The topological polar surface area (TPSA) is 49.8 Å². The maximum atomic E-state index is 9.53. The summed E-state index contributed by atoms with van der Waals surface area (Å²) in [5, 5.41) is 10.2. The zero-order valence-electron chi connectivity index (χ0n) is 12.4. The molecule has 19 heavy (non-hydrogen) atoms. The van der Waals surface area contributed by atoms with Gasteiger partial charge in [0.1, 0.15) is 11.1 Å². The third kappa shape index (κ3) is 2.07. The maximum absolute atomic E-state index is 9.53. The lowest BCUT2D eigenvalue weighted by atomic mass is 9.62. The summed E-state index contributed by atoms with van der Waals surface area (Å²) in [6, 6.07) is 2.38. The van der Waals surface area contributed by atoms with E-state index in [0.29, 0.717) is 11.8 Å². The van der Waals surface area contributed by atoms with E-state index in [0.717, 1.165) is 17.0 Å². The fourth-order valence-corrected chi connectivity index (χ4v) is 5.08. The molecule has 1 aliphatic rings. The fourth-order valence-electron chi connectivity index (χ4n) is 3.93. The third-order valence-corrected chi connectivity index (χ3v) is 5.97. The van der Waals surface area contributed by atoms with E-state index >= 15 is 0 Å². The molecular formula is C16H24N2S. The first kappa shape index (κ1) is 14.4. The van der Waals surface area contributed by atoms with Gasteiger partial charge in [-0.3, -0.25) is 0 Å². The van der Waals surface area contributed by atoms with Crippen LogP contribution in [0.15, 0.2) is 0 Å². The van der Waals surface area contributed by atoms with Gasteiger partial charge >= 0.3 is 0 Å². The van der Waals surface area contributed by atoms with Gasteiger partial charge in [-0.15, -0.1) is 11.3 Å². The van der Waals surface area contributed by atoms with Crippen LogP contribution in [-0.4, -0.2) is 0 Å². The molecule has 0 fully saturated rings. The number of nitrogens with zero attached hydrogens (tertiary/aromatic N) is 1. The van der Waals surface area contributed by atoms with Gasteiger partial charge in [0, 0.05) is 10.3 Å². The average Bonchev–Trinajstić information content (AvgIpc) is 2.54. The average molecular weight is 276 g/mol. The first-order valence-corrected chi connectivity index (χ1v) is 8.08. The number of rotatable bonds is 2. The van der Waals surface area contributed by atoms with Crippen LogP contribution in [0, 0.1) is 23.2 Å². The molecule has 0 spiro atoms. The van der Waals surface area contributed by atoms with E-state index in [1.54, 1.807) is 11.3 Å². The smallest absolute Gasteiger partial charge is 0.104 e. The highest BCUT2D eigenvalue weighted by Gasteiger charge is 2.44. The van der Waals surface area contributed by atoms with Crippen LogP contribution in [-0.2, 0) is 11.8 Å². The number of nitrogen functional groups attached to an aromatic ring is 1. The predicted molar refractivity (Wildman–Crippen MR) is 82.4 cm³/mol. The Hall–Kier alpha value is -1.01. The van der Waals surface area contributed by atoms with Crippen molar-refractivity contribution in [3.63, 3.8) is 0 Å². The van der Waals surface area contributed by atoms with Crippen molar-refractivity contribution in [3.05, 3.63) is 16.0 Å². The summed E-state index contributed by atoms with van der Waals surface area (Å²) >= 11 is 1.65. The third-order valence-electron chi connectivity index (χ3n) is 4.89. The Morgan fingerprint density at radius 2 is 1.84 bits per heavy atom. The van der Waals surface area contributed by atoms with Crippen molar-refractivity contribution in [2.24, 2.45) is 11.8 Å². The minimum atomic E-state index is 0.116. The molecule has 1 aromatic rings. The number of hydrogen-bond donors (Lipinski definition) is 1. The Kier molecular flexibility index (Phi) is 3.92.